The van der Waals surface area contributed by atoms with Gasteiger partial charge in [0.25, 0.3) is 0 Å². The van der Waals surface area contributed by atoms with Gasteiger partial charge in [-0.1, -0.05) is 48.5 Å². The molecule has 2 N–H and O–H groups in total. The molecular weight excluding hydrogens is 440 g/mol. The Balaban J connectivity index is 1.38. The molecule has 5 rings (SSSR count). The molecule has 2 aliphatic rings. The predicted molar refractivity (Wildman–Crippen MR) is 136 cm³/mol. The number of carbonyl (C=O) groups is 2. The number of hydrogen-bond acceptors (Lipinski definition) is 5. The summed E-state index contributed by atoms with van der Waals surface area (Å²) >= 11 is 0. The smallest absolute Gasteiger partial charge is 0.247 e. The van der Waals surface area contributed by atoms with Gasteiger partial charge in [-0.25, -0.2) is 10.4 Å². The minimum Gasteiger partial charge on any atom is -0.494 e. The van der Waals surface area contributed by atoms with Crippen LogP contribution in [-0.4, -0.2) is 42.5 Å². The lowest BCUT2D eigenvalue weighted by atomic mass is 9.83. The summed E-state index contributed by atoms with van der Waals surface area (Å²) in [6.45, 7) is 4.37. The topological polar surface area (TPSA) is 73.9 Å². The molecular formula is C28H30N4O3. The van der Waals surface area contributed by atoms with E-state index in [9.17, 15) is 9.59 Å². The first kappa shape index (κ1) is 23.1. The van der Waals surface area contributed by atoms with E-state index in [2.05, 4.69) is 27.8 Å². The SMILES string of the molecule is CCOc1ccc(NC(=O)C2CN(Cc3ccccc3)CC3C(=O)N(c4ccccc4)NC23)cc1. The standard InChI is InChI=1S/C28H30N4O3/c1-2-35-23-15-13-21(14-16-23)29-27(33)24-18-31(17-20-9-5-3-6-10-20)19-25-26(24)30-32(28(25)34)22-11-7-4-8-12-22/h3-16,24-26,30H,2,17-19H2,1H3,(H,29,33). The number of ether oxygens (including phenoxy) is 1. The lowest BCUT2D eigenvalue weighted by Gasteiger charge is -2.38. The predicted octanol–water partition coefficient (Wildman–Crippen LogP) is 3.69. The highest BCUT2D eigenvalue weighted by Crippen LogP contribution is 2.33. The maximum Gasteiger partial charge on any atom is 0.247 e. The molecule has 3 unspecified atom stereocenters. The van der Waals surface area contributed by atoms with Gasteiger partial charge in [0.1, 0.15) is 5.75 Å². The van der Waals surface area contributed by atoms with E-state index in [0.717, 1.165) is 17.0 Å². The van der Waals surface area contributed by atoms with Crippen molar-refractivity contribution in [3.63, 3.8) is 0 Å². The van der Waals surface area contributed by atoms with Gasteiger partial charge >= 0.3 is 0 Å². The van der Waals surface area contributed by atoms with Crippen molar-refractivity contribution in [1.82, 2.24) is 10.3 Å². The van der Waals surface area contributed by atoms with E-state index in [1.165, 1.54) is 0 Å². The largest absolute Gasteiger partial charge is 0.494 e. The first-order chi connectivity index (χ1) is 17.1. The van der Waals surface area contributed by atoms with Crippen molar-refractivity contribution in [2.75, 3.05) is 30.0 Å². The second-order valence-electron chi connectivity index (χ2n) is 9.00. The highest BCUT2D eigenvalue weighted by atomic mass is 16.5. The molecule has 3 aromatic carbocycles. The first-order valence-electron chi connectivity index (χ1n) is 12.1. The van der Waals surface area contributed by atoms with Gasteiger partial charge in [-0.05, 0) is 48.9 Å². The Bertz CT molecular complexity index is 1150. The number of anilines is 2. The van der Waals surface area contributed by atoms with Crippen LogP contribution >= 0.6 is 0 Å². The van der Waals surface area contributed by atoms with Gasteiger partial charge in [-0.15, -0.1) is 0 Å². The number of benzene rings is 3. The third kappa shape index (κ3) is 5.06. The second kappa shape index (κ2) is 10.3. The molecule has 2 heterocycles. The summed E-state index contributed by atoms with van der Waals surface area (Å²) in [7, 11) is 0. The molecule has 3 atom stereocenters. The van der Waals surface area contributed by atoms with Gasteiger partial charge in [0.2, 0.25) is 11.8 Å². The molecule has 7 heteroatoms. The van der Waals surface area contributed by atoms with Gasteiger partial charge in [0, 0.05) is 25.3 Å². The number of rotatable bonds is 7. The number of amides is 2. The van der Waals surface area contributed by atoms with Crippen LogP contribution in [0.15, 0.2) is 84.9 Å². The average molecular weight is 471 g/mol. The molecule has 0 aliphatic carbocycles. The Morgan fingerprint density at radius 1 is 0.971 bits per heavy atom. The third-order valence-corrected chi connectivity index (χ3v) is 6.63. The van der Waals surface area contributed by atoms with E-state index in [1.807, 2.05) is 79.7 Å². The highest BCUT2D eigenvalue weighted by Gasteiger charge is 2.50. The van der Waals surface area contributed by atoms with Gasteiger partial charge in [-0.3, -0.25) is 14.5 Å². The lowest BCUT2D eigenvalue weighted by molar-refractivity contribution is -0.126. The quantitative estimate of drug-likeness (QED) is 0.551. The normalized spacial score (nSPS) is 22.0. The Hall–Kier alpha value is -3.68. The zero-order valence-electron chi connectivity index (χ0n) is 19.8. The highest BCUT2D eigenvalue weighted by molar-refractivity contribution is 6.00. The maximum absolute atomic E-state index is 13.5. The van der Waals surface area contributed by atoms with Crippen molar-refractivity contribution < 1.29 is 14.3 Å². The average Bonchev–Trinajstić information content (AvgIpc) is 3.22. The van der Waals surface area contributed by atoms with E-state index in [1.54, 1.807) is 5.01 Å². The second-order valence-corrected chi connectivity index (χ2v) is 9.00. The summed E-state index contributed by atoms with van der Waals surface area (Å²) in [5.74, 6) is -0.0563. The molecule has 0 saturated carbocycles. The van der Waals surface area contributed by atoms with Crippen LogP contribution in [-0.2, 0) is 16.1 Å². The van der Waals surface area contributed by atoms with Crippen LogP contribution in [0.1, 0.15) is 12.5 Å². The van der Waals surface area contributed by atoms with Gasteiger partial charge in [0.15, 0.2) is 0 Å². The number of nitrogens with one attached hydrogen (secondary N) is 2. The zero-order chi connectivity index (χ0) is 24.2. The Morgan fingerprint density at radius 2 is 1.66 bits per heavy atom. The van der Waals surface area contributed by atoms with E-state index in [4.69, 9.17) is 4.74 Å². The fraction of sp³-hybridized carbons (Fsp3) is 0.286. The summed E-state index contributed by atoms with van der Waals surface area (Å²) in [4.78, 5) is 29.2. The summed E-state index contributed by atoms with van der Waals surface area (Å²) in [6.07, 6.45) is 0. The minimum absolute atomic E-state index is 0.00201. The molecule has 2 aliphatic heterocycles. The number of piperidine rings is 1. The molecule has 0 spiro atoms. The molecule has 0 bridgehead atoms. The molecule has 0 radical (unpaired) electrons. The number of para-hydroxylation sites is 1. The van der Waals surface area contributed by atoms with E-state index < -0.39 is 5.92 Å². The molecule has 0 aromatic heterocycles. The van der Waals surface area contributed by atoms with Gasteiger partial charge in [-0.2, -0.15) is 0 Å². The van der Waals surface area contributed by atoms with Crippen LogP contribution in [0.2, 0.25) is 0 Å². The number of hydrogen-bond donors (Lipinski definition) is 2. The number of nitrogens with zero attached hydrogens (tertiary/aromatic N) is 2. The van der Waals surface area contributed by atoms with Crippen molar-refractivity contribution in [1.29, 1.82) is 0 Å². The van der Waals surface area contributed by atoms with Crippen LogP contribution in [0.5, 0.6) is 5.75 Å². The van der Waals surface area contributed by atoms with Crippen molar-refractivity contribution in [2.45, 2.75) is 19.5 Å². The molecule has 2 amide bonds. The van der Waals surface area contributed by atoms with Crippen LogP contribution < -0.4 is 20.5 Å². The van der Waals surface area contributed by atoms with E-state index in [-0.39, 0.29) is 23.8 Å². The summed E-state index contributed by atoms with van der Waals surface area (Å²) in [5.41, 5.74) is 6.02. The first-order valence-corrected chi connectivity index (χ1v) is 12.1. The minimum atomic E-state index is -0.401. The molecule has 7 nitrogen and oxygen atoms in total. The Kier molecular flexibility index (Phi) is 6.79. The molecule has 2 fully saturated rings. The van der Waals surface area contributed by atoms with Gasteiger partial charge < -0.3 is 10.1 Å². The number of likely N-dealkylation sites (tertiary alicyclic amines) is 1. The monoisotopic (exact) mass is 470 g/mol. The third-order valence-electron chi connectivity index (χ3n) is 6.63. The van der Waals surface area contributed by atoms with Crippen LogP contribution in [0.3, 0.4) is 0 Å². The van der Waals surface area contributed by atoms with Crippen LogP contribution in [0.4, 0.5) is 11.4 Å². The Labute approximate surface area is 205 Å². The Morgan fingerprint density at radius 3 is 2.34 bits per heavy atom. The molecule has 3 aromatic rings. The van der Waals surface area contributed by atoms with Crippen molar-refractivity contribution in [3.05, 3.63) is 90.5 Å². The van der Waals surface area contributed by atoms with Crippen molar-refractivity contribution >= 4 is 23.2 Å². The van der Waals surface area contributed by atoms with Crippen LogP contribution in [0.25, 0.3) is 0 Å². The van der Waals surface area contributed by atoms with E-state index >= 15 is 0 Å². The van der Waals surface area contributed by atoms with E-state index in [0.29, 0.717) is 31.9 Å². The van der Waals surface area contributed by atoms with Crippen LogP contribution in [0, 0.1) is 11.8 Å². The zero-order valence-corrected chi connectivity index (χ0v) is 19.8. The molecule has 35 heavy (non-hydrogen) atoms. The fourth-order valence-electron chi connectivity index (χ4n) is 4.96. The molecule has 2 saturated heterocycles. The van der Waals surface area contributed by atoms with Crippen molar-refractivity contribution in [3.8, 4) is 5.75 Å². The van der Waals surface area contributed by atoms with Gasteiger partial charge in [0.05, 0.1) is 30.2 Å². The van der Waals surface area contributed by atoms with Crippen molar-refractivity contribution in [2.24, 2.45) is 11.8 Å². The lowest BCUT2D eigenvalue weighted by Crippen LogP contribution is -2.55. The number of fused-ring (bicyclic) bond motifs is 1. The maximum atomic E-state index is 13.5. The molecule has 180 valence electrons. The fourth-order valence-corrected chi connectivity index (χ4v) is 4.96. The summed E-state index contributed by atoms with van der Waals surface area (Å²) in [5, 5.41) is 4.67. The number of carbonyl (C=O) groups excluding carboxylic acids is 2. The summed E-state index contributed by atoms with van der Waals surface area (Å²) in [6, 6.07) is 26.8. The number of hydrazine groups is 1. The summed E-state index contributed by atoms with van der Waals surface area (Å²) < 4.78 is 5.50.